The smallest absolute Gasteiger partial charge is 0.339 e. The molecule has 0 aromatic heterocycles. The van der Waals surface area contributed by atoms with Gasteiger partial charge in [0.25, 0.3) is 5.91 Å². The summed E-state index contributed by atoms with van der Waals surface area (Å²) in [6, 6.07) is 14.3. The van der Waals surface area contributed by atoms with Gasteiger partial charge in [0.05, 0.1) is 18.2 Å². The van der Waals surface area contributed by atoms with Crippen molar-refractivity contribution in [3.63, 3.8) is 0 Å². The summed E-state index contributed by atoms with van der Waals surface area (Å²) in [6.45, 7) is 1.55. The molecular formula is C20H20N2O6. The summed E-state index contributed by atoms with van der Waals surface area (Å²) in [6.07, 6.45) is -1.25. The second-order valence-corrected chi connectivity index (χ2v) is 5.74. The second-order valence-electron chi connectivity index (χ2n) is 5.74. The highest BCUT2D eigenvalue weighted by Crippen LogP contribution is 2.12. The van der Waals surface area contributed by atoms with Crippen LogP contribution in [0.15, 0.2) is 54.6 Å². The molecule has 2 rings (SSSR count). The van der Waals surface area contributed by atoms with E-state index in [9.17, 15) is 19.2 Å². The summed E-state index contributed by atoms with van der Waals surface area (Å²) in [5, 5.41) is 4.63. The molecule has 0 bridgehead atoms. The average molecular weight is 384 g/mol. The van der Waals surface area contributed by atoms with Crippen molar-refractivity contribution in [3.8, 4) is 0 Å². The van der Waals surface area contributed by atoms with Crippen molar-refractivity contribution in [2.75, 3.05) is 7.11 Å². The lowest BCUT2D eigenvalue weighted by atomic mass is 10.1. The maximum absolute atomic E-state index is 12.3. The normalized spacial score (nSPS) is 11.1. The Morgan fingerprint density at radius 1 is 0.893 bits per heavy atom. The molecule has 8 heteroatoms. The lowest BCUT2D eigenvalue weighted by molar-refractivity contribution is -0.127. The summed E-state index contributed by atoms with van der Waals surface area (Å²) in [4.78, 5) is 47.9. The molecule has 2 aromatic carbocycles. The molecule has 0 radical (unpaired) electrons. The second kappa shape index (κ2) is 9.86. The van der Waals surface area contributed by atoms with Crippen LogP contribution in [0.3, 0.4) is 0 Å². The first-order valence-corrected chi connectivity index (χ1v) is 8.43. The topological polar surface area (TPSA) is 111 Å². The molecule has 0 saturated heterocycles. The van der Waals surface area contributed by atoms with Crippen LogP contribution in [0.25, 0.3) is 0 Å². The van der Waals surface area contributed by atoms with Gasteiger partial charge in [-0.3, -0.25) is 10.1 Å². The number of urea groups is 1. The standard InChI is InChI=1S/C20H20N2O6/c1-13(17(23)22-20(26)21-12-14-8-4-3-5-9-14)28-19(25)16-11-7-6-10-15(16)18(24)27-2/h3-11,13H,12H2,1-2H3,(H2,21,22,23,26). The van der Waals surface area contributed by atoms with E-state index in [2.05, 4.69) is 15.4 Å². The fraction of sp³-hybridized carbons (Fsp3) is 0.200. The first-order valence-electron chi connectivity index (χ1n) is 8.43. The molecule has 0 aliphatic rings. The minimum atomic E-state index is -1.25. The molecule has 2 N–H and O–H groups in total. The van der Waals surface area contributed by atoms with E-state index in [0.29, 0.717) is 0 Å². The lowest BCUT2D eigenvalue weighted by Crippen LogP contribution is -2.44. The average Bonchev–Trinajstić information content (AvgIpc) is 2.72. The fourth-order valence-corrected chi connectivity index (χ4v) is 2.26. The molecule has 1 atom stereocenters. The highest BCUT2D eigenvalue weighted by atomic mass is 16.5. The van der Waals surface area contributed by atoms with Gasteiger partial charge in [0.15, 0.2) is 6.10 Å². The SMILES string of the molecule is COC(=O)c1ccccc1C(=O)OC(C)C(=O)NC(=O)NCc1ccccc1. The third-order valence-corrected chi connectivity index (χ3v) is 3.74. The van der Waals surface area contributed by atoms with Crippen LogP contribution < -0.4 is 10.6 Å². The van der Waals surface area contributed by atoms with Crippen LogP contribution in [0.5, 0.6) is 0 Å². The predicted molar refractivity (Wildman–Crippen MR) is 99.5 cm³/mol. The van der Waals surface area contributed by atoms with Gasteiger partial charge < -0.3 is 14.8 Å². The van der Waals surface area contributed by atoms with Crippen LogP contribution in [-0.4, -0.2) is 37.1 Å². The number of hydrogen-bond donors (Lipinski definition) is 2. The molecule has 2 aromatic rings. The maximum atomic E-state index is 12.3. The number of benzene rings is 2. The van der Waals surface area contributed by atoms with Gasteiger partial charge in [-0.1, -0.05) is 42.5 Å². The van der Waals surface area contributed by atoms with E-state index in [-0.39, 0.29) is 17.7 Å². The summed E-state index contributed by atoms with van der Waals surface area (Å²) >= 11 is 0. The van der Waals surface area contributed by atoms with Gasteiger partial charge in [0.2, 0.25) is 0 Å². The monoisotopic (exact) mass is 384 g/mol. The molecule has 0 aliphatic heterocycles. The van der Waals surface area contributed by atoms with E-state index in [4.69, 9.17) is 4.74 Å². The molecule has 0 heterocycles. The number of imide groups is 1. The Balaban J connectivity index is 1.90. The molecule has 0 spiro atoms. The molecule has 146 valence electrons. The van der Waals surface area contributed by atoms with Crippen LogP contribution in [0.2, 0.25) is 0 Å². The fourth-order valence-electron chi connectivity index (χ4n) is 2.26. The van der Waals surface area contributed by atoms with Crippen LogP contribution in [0.4, 0.5) is 4.79 Å². The van der Waals surface area contributed by atoms with E-state index >= 15 is 0 Å². The van der Waals surface area contributed by atoms with Crippen molar-refractivity contribution in [1.82, 2.24) is 10.6 Å². The Hall–Kier alpha value is -3.68. The minimum absolute atomic E-state index is 0.0169. The van der Waals surface area contributed by atoms with Crippen molar-refractivity contribution in [2.45, 2.75) is 19.6 Å². The maximum Gasteiger partial charge on any atom is 0.339 e. The molecule has 0 fully saturated rings. The molecule has 28 heavy (non-hydrogen) atoms. The van der Waals surface area contributed by atoms with Gasteiger partial charge in [-0.2, -0.15) is 0 Å². The van der Waals surface area contributed by atoms with Gasteiger partial charge in [-0.05, 0) is 24.6 Å². The highest BCUT2D eigenvalue weighted by Gasteiger charge is 2.24. The van der Waals surface area contributed by atoms with Crippen molar-refractivity contribution < 1.29 is 28.7 Å². The number of carbonyl (C=O) groups excluding carboxylic acids is 4. The molecule has 3 amide bonds. The van der Waals surface area contributed by atoms with Gasteiger partial charge in [-0.25, -0.2) is 14.4 Å². The zero-order chi connectivity index (χ0) is 20.5. The van der Waals surface area contributed by atoms with Crippen molar-refractivity contribution in [3.05, 3.63) is 71.3 Å². The first-order chi connectivity index (χ1) is 13.4. The summed E-state index contributed by atoms with van der Waals surface area (Å²) in [7, 11) is 1.19. The van der Waals surface area contributed by atoms with E-state index in [1.165, 1.54) is 26.2 Å². The van der Waals surface area contributed by atoms with Crippen molar-refractivity contribution in [1.29, 1.82) is 0 Å². The summed E-state index contributed by atoms with van der Waals surface area (Å²) in [5.41, 5.74) is 0.842. The predicted octanol–water partition coefficient (Wildman–Crippen LogP) is 2.04. The zero-order valence-electron chi connectivity index (χ0n) is 15.4. The first kappa shape index (κ1) is 20.6. The van der Waals surface area contributed by atoms with E-state index in [1.807, 2.05) is 30.3 Å². The van der Waals surface area contributed by atoms with E-state index < -0.39 is 30.0 Å². The Labute approximate surface area is 161 Å². The number of carbonyl (C=O) groups is 4. The van der Waals surface area contributed by atoms with Crippen molar-refractivity contribution in [2.24, 2.45) is 0 Å². The third kappa shape index (κ3) is 5.66. The number of nitrogens with one attached hydrogen (secondary N) is 2. The van der Waals surface area contributed by atoms with E-state index in [0.717, 1.165) is 5.56 Å². The quantitative estimate of drug-likeness (QED) is 0.738. The molecular weight excluding hydrogens is 364 g/mol. The Morgan fingerprint density at radius 3 is 2.07 bits per heavy atom. The summed E-state index contributed by atoms with van der Waals surface area (Å²) in [5.74, 6) is -2.38. The molecule has 8 nitrogen and oxygen atoms in total. The van der Waals surface area contributed by atoms with Gasteiger partial charge in [0.1, 0.15) is 0 Å². The van der Waals surface area contributed by atoms with Gasteiger partial charge in [-0.15, -0.1) is 0 Å². The minimum Gasteiger partial charge on any atom is -0.465 e. The number of ether oxygens (including phenoxy) is 2. The molecule has 0 aliphatic carbocycles. The number of amides is 3. The van der Waals surface area contributed by atoms with E-state index in [1.54, 1.807) is 12.1 Å². The van der Waals surface area contributed by atoms with Gasteiger partial charge >= 0.3 is 18.0 Å². The lowest BCUT2D eigenvalue weighted by Gasteiger charge is -2.14. The highest BCUT2D eigenvalue weighted by molar-refractivity contribution is 6.04. The third-order valence-electron chi connectivity index (χ3n) is 3.74. The molecule has 0 saturated carbocycles. The Morgan fingerprint density at radius 2 is 1.46 bits per heavy atom. The number of hydrogen-bond acceptors (Lipinski definition) is 6. The Kier molecular flexibility index (Phi) is 7.27. The van der Waals surface area contributed by atoms with Gasteiger partial charge in [0, 0.05) is 6.54 Å². The zero-order valence-corrected chi connectivity index (χ0v) is 15.4. The van der Waals surface area contributed by atoms with Crippen LogP contribution in [-0.2, 0) is 20.8 Å². The molecule has 1 unspecified atom stereocenters. The van der Waals surface area contributed by atoms with Crippen LogP contribution >= 0.6 is 0 Å². The largest absolute Gasteiger partial charge is 0.465 e. The Bertz CT molecular complexity index is 866. The van der Waals surface area contributed by atoms with Crippen LogP contribution in [0.1, 0.15) is 33.2 Å². The number of rotatable bonds is 6. The number of methoxy groups -OCH3 is 1. The number of esters is 2. The van der Waals surface area contributed by atoms with Crippen molar-refractivity contribution >= 4 is 23.9 Å². The van der Waals surface area contributed by atoms with Crippen LogP contribution in [0, 0.1) is 0 Å². The summed E-state index contributed by atoms with van der Waals surface area (Å²) < 4.78 is 9.68.